The highest BCUT2D eigenvalue weighted by Crippen LogP contribution is 2.26. The van der Waals surface area contributed by atoms with Gasteiger partial charge in [0.2, 0.25) is 0 Å². The van der Waals surface area contributed by atoms with E-state index in [2.05, 4.69) is 16.8 Å². The molecule has 0 saturated heterocycles. The van der Waals surface area contributed by atoms with E-state index in [-0.39, 0.29) is 12.0 Å². The lowest BCUT2D eigenvalue weighted by Crippen LogP contribution is -2.09. The molecule has 0 aliphatic heterocycles. The average Bonchev–Trinajstić information content (AvgIpc) is 2.94. The van der Waals surface area contributed by atoms with Gasteiger partial charge in [0.05, 0.1) is 24.0 Å². The Morgan fingerprint density at radius 2 is 2.21 bits per heavy atom. The van der Waals surface area contributed by atoms with Crippen LogP contribution in [0.2, 0.25) is 0 Å². The maximum atomic E-state index is 11.5. The van der Waals surface area contributed by atoms with E-state index in [1.54, 1.807) is 29.5 Å². The van der Waals surface area contributed by atoms with Crippen LogP contribution in [0.3, 0.4) is 0 Å². The Morgan fingerprint density at radius 1 is 1.42 bits per heavy atom. The molecule has 0 aliphatic rings. The number of benzene rings is 1. The third kappa shape index (κ3) is 3.06. The summed E-state index contributed by atoms with van der Waals surface area (Å²) in [6.45, 7) is 2.05. The molecule has 2 aromatic rings. The first kappa shape index (κ1) is 13.4. The molecule has 0 spiro atoms. The van der Waals surface area contributed by atoms with E-state index in [1.807, 2.05) is 12.3 Å². The van der Waals surface area contributed by atoms with Gasteiger partial charge in [0.1, 0.15) is 0 Å². The monoisotopic (exact) mass is 276 g/mol. The number of nitrogens with two attached hydrogens (primary N) is 1. The van der Waals surface area contributed by atoms with Crippen molar-refractivity contribution in [1.29, 1.82) is 0 Å². The summed E-state index contributed by atoms with van der Waals surface area (Å²) in [7, 11) is 1.36. The summed E-state index contributed by atoms with van der Waals surface area (Å²) in [6, 6.07) is 7.25. The van der Waals surface area contributed by atoms with Crippen molar-refractivity contribution in [1.82, 2.24) is 0 Å². The van der Waals surface area contributed by atoms with Crippen LogP contribution in [0.4, 0.5) is 11.4 Å². The van der Waals surface area contributed by atoms with Crippen LogP contribution in [0.5, 0.6) is 0 Å². The fourth-order valence-corrected chi connectivity index (χ4v) is 2.52. The standard InChI is InChI=1S/C14H16N2O2S/c1-9(11-5-6-19-8-11)16-13-7-10(14(17)18-2)3-4-12(13)15/h3-9,16H,15H2,1-2H3. The number of carbonyl (C=O) groups excluding carboxylic acids is 1. The van der Waals surface area contributed by atoms with E-state index in [1.165, 1.54) is 12.7 Å². The van der Waals surface area contributed by atoms with Gasteiger partial charge < -0.3 is 15.8 Å². The molecule has 2 rings (SSSR count). The molecule has 100 valence electrons. The lowest BCUT2D eigenvalue weighted by atomic mass is 10.1. The van der Waals surface area contributed by atoms with Crippen LogP contribution in [-0.2, 0) is 4.74 Å². The van der Waals surface area contributed by atoms with Gasteiger partial charge in [-0.3, -0.25) is 0 Å². The van der Waals surface area contributed by atoms with Gasteiger partial charge in [0.25, 0.3) is 0 Å². The van der Waals surface area contributed by atoms with E-state index in [4.69, 9.17) is 10.5 Å². The molecule has 1 heterocycles. The Hall–Kier alpha value is -2.01. The van der Waals surface area contributed by atoms with Crippen LogP contribution >= 0.6 is 11.3 Å². The zero-order valence-corrected chi connectivity index (χ0v) is 11.7. The van der Waals surface area contributed by atoms with Gasteiger partial charge in [-0.25, -0.2) is 4.79 Å². The molecule has 3 N–H and O–H groups in total. The maximum Gasteiger partial charge on any atom is 0.337 e. The van der Waals surface area contributed by atoms with Crippen LogP contribution in [0, 0.1) is 0 Å². The number of nitrogen functional groups attached to an aromatic ring is 1. The minimum absolute atomic E-state index is 0.126. The van der Waals surface area contributed by atoms with Crippen molar-refractivity contribution in [3.8, 4) is 0 Å². The molecular weight excluding hydrogens is 260 g/mol. The van der Waals surface area contributed by atoms with Crippen molar-refractivity contribution < 1.29 is 9.53 Å². The molecule has 1 aromatic carbocycles. The highest BCUT2D eigenvalue weighted by atomic mass is 32.1. The number of methoxy groups -OCH3 is 1. The van der Waals surface area contributed by atoms with E-state index < -0.39 is 0 Å². The van der Waals surface area contributed by atoms with Gasteiger partial charge in [-0.1, -0.05) is 0 Å². The molecule has 1 atom stereocenters. The summed E-state index contributed by atoms with van der Waals surface area (Å²) in [5.41, 5.74) is 8.94. The van der Waals surface area contributed by atoms with Gasteiger partial charge in [0.15, 0.2) is 0 Å². The average molecular weight is 276 g/mol. The van der Waals surface area contributed by atoms with Crippen molar-refractivity contribution in [2.24, 2.45) is 0 Å². The zero-order chi connectivity index (χ0) is 13.8. The first-order chi connectivity index (χ1) is 9.11. The lowest BCUT2D eigenvalue weighted by molar-refractivity contribution is 0.0601. The highest BCUT2D eigenvalue weighted by Gasteiger charge is 2.11. The molecule has 0 radical (unpaired) electrons. The van der Waals surface area contributed by atoms with Gasteiger partial charge in [-0.05, 0) is 47.5 Å². The zero-order valence-electron chi connectivity index (χ0n) is 10.8. The van der Waals surface area contributed by atoms with Crippen molar-refractivity contribution in [3.05, 3.63) is 46.2 Å². The van der Waals surface area contributed by atoms with E-state index >= 15 is 0 Å². The normalized spacial score (nSPS) is 11.9. The molecule has 0 saturated carbocycles. The topological polar surface area (TPSA) is 64.3 Å². The number of anilines is 2. The molecule has 0 amide bonds. The molecule has 4 nitrogen and oxygen atoms in total. The Labute approximate surface area is 116 Å². The summed E-state index contributed by atoms with van der Waals surface area (Å²) in [6.07, 6.45) is 0. The number of carbonyl (C=O) groups is 1. The maximum absolute atomic E-state index is 11.5. The van der Waals surface area contributed by atoms with E-state index in [0.29, 0.717) is 11.3 Å². The number of hydrogen-bond donors (Lipinski definition) is 2. The van der Waals surface area contributed by atoms with Gasteiger partial charge in [-0.2, -0.15) is 11.3 Å². The predicted molar refractivity (Wildman–Crippen MR) is 78.6 cm³/mol. The Bertz CT molecular complexity index is 567. The summed E-state index contributed by atoms with van der Waals surface area (Å²) in [4.78, 5) is 11.5. The van der Waals surface area contributed by atoms with Gasteiger partial charge in [-0.15, -0.1) is 0 Å². The van der Waals surface area contributed by atoms with E-state index in [0.717, 1.165) is 5.69 Å². The second-order valence-corrected chi connectivity index (χ2v) is 5.00. The largest absolute Gasteiger partial charge is 0.465 e. The molecule has 1 unspecified atom stereocenters. The molecule has 1 aromatic heterocycles. The first-order valence-corrected chi connectivity index (χ1v) is 6.82. The Morgan fingerprint density at radius 3 is 2.84 bits per heavy atom. The number of nitrogens with one attached hydrogen (secondary N) is 1. The van der Waals surface area contributed by atoms with Crippen molar-refractivity contribution in [3.63, 3.8) is 0 Å². The van der Waals surface area contributed by atoms with Crippen molar-refractivity contribution in [2.75, 3.05) is 18.2 Å². The van der Waals surface area contributed by atoms with Crippen LogP contribution in [0.15, 0.2) is 35.0 Å². The number of hydrogen-bond acceptors (Lipinski definition) is 5. The van der Waals surface area contributed by atoms with Crippen LogP contribution in [-0.4, -0.2) is 13.1 Å². The van der Waals surface area contributed by atoms with Gasteiger partial charge >= 0.3 is 5.97 Å². The van der Waals surface area contributed by atoms with Crippen molar-refractivity contribution in [2.45, 2.75) is 13.0 Å². The lowest BCUT2D eigenvalue weighted by Gasteiger charge is -2.16. The molecule has 0 bridgehead atoms. The van der Waals surface area contributed by atoms with Crippen molar-refractivity contribution >= 4 is 28.7 Å². The number of thiophene rings is 1. The summed E-state index contributed by atoms with van der Waals surface area (Å²) in [5, 5.41) is 7.42. The number of ether oxygens (including phenoxy) is 1. The molecule has 5 heteroatoms. The number of rotatable bonds is 4. The van der Waals surface area contributed by atoms with Crippen LogP contribution < -0.4 is 11.1 Å². The molecule has 0 aliphatic carbocycles. The van der Waals surface area contributed by atoms with E-state index in [9.17, 15) is 4.79 Å². The third-order valence-electron chi connectivity index (χ3n) is 2.89. The van der Waals surface area contributed by atoms with Crippen LogP contribution in [0.25, 0.3) is 0 Å². The van der Waals surface area contributed by atoms with Crippen LogP contribution in [0.1, 0.15) is 28.9 Å². The first-order valence-electron chi connectivity index (χ1n) is 5.88. The third-order valence-corrected chi connectivity index (χ3v) is 3.59. The second-order valence-electron chi connectivity index (χ2n) is 4.22. The Kier molecular flexibility index (Phi) is 4.06. The minimum atomic E-state index is -0.369. The molecule has 19 heavy (non-hydrogen) atoms. The smallest absolute Gasteiger partial charge is 0.337 e. The fourth-order valence-electron chi connectivity index (χ4n) is 1.76. The quantitative estimate of drug-likeness (QED) is 0.664. The highest BCUT2D eigenvalue weighted by molar-refractivity contribution is 7.07. The number of esters is 1. The Balaban J connectivity index is 2.22. The fraction of sp³-hybridized carbons (Fsp3) is 0.214. The SMILES string of the molecule is COC(=O)c1ccc(N)c(NC(C)c2ccsc2)c1. The molecular formula is C14H16N2O2S. The molecule has 0 fully saturated rings. The summed E-state index contributed by atoms with van der Waals surface area (Å²) in [5.74, 6) is -0.369. The summed E-state index contributed by atoms with van der Waals surface area (Å²) < 4.78 is 4.70. The summed E-state index contributed by atoms with van der Waals surface area (Å²) >= 11 is 1.65. The minimum Gasteiger partial charge on any atom is -0.465 e. The van der Waals surface area contributed by atoms with Gasteiger partial charge in [0, 0.05) is 6.04 Å². The second kappa shape index (κ2) is 5.75. The predicted octanol–water partition coefficient (Wildman–Crippen LogP) is 3.29.